The van der Waals surface area contributed by atoms with Gasteiger partial charge >= 0.3 is 0 Å². The van der Waals surface area contributed by atoms with E-state index in [1.54, 1.807) is 20.4 Å². The second-order valence-electron chi connectivity index (χ2n) is 5.78. The van der Waals surface area contributed by atoms with Crippen LogP contribution < -0.4 is 14.2 Å². The Hall–Kier alpha value is -2.79. The van der Waals surface area contributed by atoms with Crippen LogP contribution in [0, 0.1) is 0 Å². The van der Waals surface area contributed by atoms with E-state index in [9.17, 15) is 0 Å². The third-order valence-electron chi connectivity index (χ3n) is 3.93. The van der Waals surface area contributed by atoms with Crippen LogP contribution in [0.1, 0.15) is 11.1 Å². The van der Waals surface area contributed by atoms with Gasteiger partial charge < -0.3 is 14.2 Å². The van der Waals surface area contributed by atoms with E-state index < -0.39 is 0 Å². The molecule has 0 aromatic heterocycles. The molecule has 0 atom stereocenters. The van der Waals surface area contributed by atoms with Crippen LogP contribution in [0.15, 0.2) is 76.2 Å². The molecule has 0 saturated carbocycles. The monoisotopic (exact) mass is 425 g/mol. The van der Waals surface area contributed by atoms with E-state index in [0.29, 0.717) is 18.1 Å². The van der Waals surface area contributed by atoms with E-state index in [0.717, 1.165) is 27.0 Å². The lowest BCUT2D eigenvalue weighted by atomic mass is 10.2. The number of ether oxygens (including phenoxy) is 3. The zero-order valence-corrected chi connectivity index (χ0v) is 16.8. The zero-order valence-electron chi connectivity index (χ0n) is 15.2. The summed E-state index contributed by atoms with van der Waals surface area (Å²) < 4.78 is 17.6. The van der Waals surface area contributed by atoms with Gasteiger partial charge in [0.05, 0.1) is 19.9 Å². The fourth-order valence-corrected chi connectivity index (χ4v) is 2.71. The number of hydrogen-bond donors (Lipinski definition) is 0. The lowest BCUT2D eigenvalue weighted by Gasteiger charge is -2.11. The van der Waals surface area contributed by atoms with Crippen molar-refractivity contribution in [3.05, 3.63) is 82.3 Å². The normalized spacial score (nSPS) is 10.8. The van der Waals surface area contributed by atoms with Crippen molar-refractivity contribution >= 4 is 27.8 Å². The van der Waals surface area contributed by atoms with Crippen molar-refractivity contribution < 1.29 is 14.2 Å². The molecule has 0 spiro atoms. The predicted molar refractivity (Wildman–Crippen MR) is 112 cm³/mol. The van der Waals surface area contributed by atoms with Crippen LogP contribution in [-0.4, -0.2) is 20.4 Å². The number of benzene rings is 3. The molecule has 3 aromatic rings. The highest BCUT2D eigenvalue weighted by atomic mass is 79.9. The van der Waals surface area contributed by atoms with E-state index in [4.69, 9.17) is 14.2 Å². The van der Waals surface area contributed by atoms with Crippen LogP contribution in [0.25, 0.3) is 0 Å². The lowest BCUT2D eigenvalue weighted by molar-refractivity contribution is 0.284. The van der Waals surface area contributed by atoms with E-state index in [1.165, 1.54) is 0 Å². The topological polar surface area (TPSA) is 40.0 Å². The van der Waals surface area contributed by atoms with Crippen molar-refractivity contribution in [3.8, 4) is 17.2 Å². The molecule has 0 aliphatic rings. The Morgan fingerprint density at radius 1 is 0.852 bits per heavy atom. The SMILES string of the molecule is COc1ccc(N=Cc2ccc(OCc3ccc(Br)cc3)c(OC)c2)cc1. The minimum absolute atomic E-state index is 0.475. The lowest BCUT2D eigenvalue weighted by Crippen LogP contribution is -1.98. The molecule has 27 heavy (non-hydrogen) atoms. The third-order valence-corrected chi connectivity index (χ3v) is 4.46. The highest BCUT2D eigenvalue weighted by Crippen LogP contribution is 2.29. The Labute approximate surface area is 167 Å². The van der Waals surface area contributed by atoms with Crippen LogP contribution in [0.2, 0.25) is 0 Å². The smallest absolute Gasteiger partial charge is 0.161 e. The molecule has 0 heterocycles. The van der Waals surface area contributed by atoms with Crippen molar-refractivity contribution in [2.45, 2.75) is 6.61 Å². The maximum absolute atomic E-state index is 5.90. The van der Waals surface area contributed by atoms with Crippen LogP contribution in [-0.2, 0) is 6.61 Å². The van der Waals surface area contributed by atoms with Gasteiger partial charge in [-0.15, -0.1) is 0 Å². The summed E-state index contributed by atoms with van der Waals surface area (Å²) in [5, 5.41) is 0. The first-order chi connectivity index (χ1) is 13.2. The minimum Gasteiger partial charge on any atom is -0.497 e. The minimum atomic E-state index is 0.475. The van der Waals surface area contributed by atoms with Crippen LogP contribution in [0.5, 0.6) is 17.2 Å². The summed E-state index contributed by atoms with van der Waals surface area (Å²) in [6, 6.07) is 21.4. The van der Waals surface area contributed by atoms with Gasteiger partial charge in [-0.3, -0.25) is 4.99 Å². The maximum atomic E-state index is 5.90. The highest BCUT2D eigenvalue weighted by Gasteiger charge is 2.06. The summed E-state index contributed by atoms with van der Waals surface area (Å²) in [5.41, 5.74) is 2.87. The van der Waals surface area contributed by atoms with Gasteiger partial charge in [0.1, 0.15) is 12.4 Å². The quantitative estimate of drug-likeness (QED) is 0.449. The number of halogens is 1. The van der Waals surface area contributed by atoms with E-state index >= 15 is 0 Å². The molecule has 0 N–H and O–H groups in total. The van der Waals surface area contributed by atoms with Crippen molar-refractivity contribution in [2.75, 3.05) is 14.2 Å². The van der Waals surface area contributed by atoms with Crippen molar-refractivity contribution in [1.82, 2.24) is 0 Å². The van der Waals surface area contributed by atoms with Gasteiger partial charge in [0, 0.05) is 10.7 Å². The Bertz CT molecular complexity index is 906. The summed E-state index contributed by atoms with van der Waals surface area (Å²) in [6.45, 7) is 0.475. The molecule has 0 aliphatic heterocycles. The summed E-state index contributed by atoms with van der Waals surface area (Å²) in [6.07, 6.45) is 1.79. The Morgan fingerprint density at radius 2 is 1.59 bits per heavy atom. The predicted octanol–water partition coefficient (Wildman–Crippen LogP) is 5.80. The molecule has 0 amide bonds. The molecule has 0 aliphatic carbocycles. The van der Waals surface area contributed by atoms with Crippen LogP contribution in [0.3, 0.4) is 0 Å². The Morgan fingerprint density at radius 3 is 2.26 bits per heavy atom. The molecule has 0 fully saturated rings. The van der Waals surface area contributed by atoms with Gasteiger partial charge in [0.15, 0.2) is 11.5 Å². The number of nitrogens with zero attached hydrogens (tertiary/aromatic N) is 1. The third kappa shape index (κ3) is 5.34. The molecule has 3 aromatic carbocycles. The maximum Gasteiger partial charge on any atom is 0.161 e. The number of hydrogen-bond acceptors (Lipinski definition) is 4. The summed E-state index contributed by atoms with van der Waals surface area (Å²) in [5.74, 6) is 2.18. The fourth-order valence-electron chi connectivity index (χ4n) is 2.44. The van der Waals surface area contributed by atoms with Crippen molar-refractivity contribution in [2.24, 2.45) is 4.99 Å². The highest BCUT2D eigenvalue weighted by molar-refractivity contribution is 9.10. The largest absolute Gasteiger partial charge is 0.497 e. The molecular weight excluding hydrogens is 406 g/mol. The Kier molecular flexibility index (Phi) is 6.49. The van der Waals surface area contributed by atoms with Crippen molar-refractivity contribution in [1.29, 1.82) is 0 Å². The molecule has 0 unspecified atom stereocenters. The number of aliphatic imine (C=N–C) groups is 1. The fraction of sp³-hybridized carbons (Fsp3) is 0.136. The number of methoxy groups -OCH3 is 2. The van der Waals surface area contributed by atoms with E-state index in [2.05, 4.69) is 20.9 Å². The van der Waals surface area contributed by atoms with Gasteiger partial charge in [-0.2, -0.15) is 0 Å². The first-order valence-electron chi connectivity index (χ1n) is 8.41. The standard InChI is InChI=1S/C22H20BrNO3/c1-25-20-10-8-19(9-11-20)24-14-17-5-12-21(22(13-17)26-2)27-15-16-3-6-18(23)7-4-16/h3-14H,15H2,1-2H3. The number of rotatable bonds is 7. The van der Waals surface area contributed by atoms with Gasteiger partial charge in [0.25, 0.3) is 0 Å². The van der Waals surface area contributed by atoms with Crippen LogP contribution >= 0.6 is 15.9 Å². The van der Waals surface area contributed by atoms with Gasteiger partial charge in [-0.25, -0.2) is 0 Å². The first-order valence-corrected chi connectivity index (χ1v) is 9.20. The molecule has 0 saturated heterocycles. The first kappa shape index (κ1) is 19.0. The van der Waals surface area contributed by atoms with E-state index in [-0.39, 0.29) is 0 Å². The molecule has 4 nitrogen and oxygen atoms in total. The second kappa shape index (κ2) is 9.24. The summed E-state index contributed by atoms with van der Waals surface area (Å²) >= 11 is 3.43. The molecule has 0 bridgehead atoms. The van der Waals surface area contributed by atoms with Gasteiger partial charge in [-0.1, -0.05) is 28.1 Å². The molecule has 138 valence electrons. The average Bonchev–Trinajstić information content (AvgIpc) is 2.72. The molecule has 0 radical (unpaired) electrons. The van der Waals surface area contributed by atoms with Gasteiger partial charge in [0.2, 0.25) is 0 Å². The molecule has 5 heteroatoms. The zero-order chi connectivity index (χ0) is 19.1. The van der Waals surface area contributed by atoms with E-state index in [1.807, 2.05) is 66.7 Å². The average molecular weight is 426 g/mol. The van der Waals surface area contributed by atoms with Crippen molar-refractivity contribution in [3.63, 3.8) is 0 Å². The second-order valence-corrected chi connectivity index (χ2v) is 6.70. The Balaban J connectivity index is 1.69. The summed E-state index contributed by atoms with van der Waals surface area (Å²) in [7, 11) is 3.27. The molecule has 3 rings (SSSR count). The summed E-state index contributed by atoms with van der Waals surface area (Å²) in [4.78, 5) is 4.48. The van der Waals surface area contributed by atoms with Gasteiger partial charge in [-0.05, 0) is 65.7 Å². The van der Waals surface area contributed by atoms with Crippen LogP contribution in [0.4, 0.5) is 5.69 Å². The molecular formula is C22H20BrNO3.